The lowest BCUT2D eigenvalue weighted by Gasteiger charge is -2.08. The number of ether oxygens (including phenoxy) is 1. The molecular formula is C17H9Br2NO. The second kappa shape index (κ2) is 5.88. The first-order valence-electron chi connectivity index (χ1n) is 6.22. The highest BCUT2D eigenvalue weighted by Gasteiger charge is 2.04. The van der Waals surface area contributed by atoms with Crippen LogP contribution in [0.5, 0.6) is 11.5 Å². The van der Waals surface area contributed by atoms with E-state index in [0.29, 0.717) is 11.3 Å². The first-order valence-corrected chi connectivity index (χ1v) is 7.81. The third-order valence-electron chi connectivity index (χ3n) is 3.07. The highest BCUT2D eigenvalue weighted by Crippen LogP contribution is 2.29. The summed E-state index contributed by atoms with van der Waals surface area (Å²) in [7, 11) is 0. The Morgan fingerprint density at radius 2 is 1.48 bits per heavy atom. The topological polar surface area (TPSA) is 33.0 Å². The van der Waals surface area contributed by atoms with Crippen molar-refractivity contribution in [3.63, 3.8) is 0 Å². The van der Waals surface area contributed by atoms with Crippen LogP contribution in [0.1, 0.15) is 5.56 Å². The number of fused-ring (bicyclic) bond motifs is 1. The highest BCUT2D eigenvalue weighted by molar-refractivity contribution is 9.10. The Morgan fingerprint density at radius 1 is 0.810 bits per heavy atom. The molecule has 0 aliphatic rings. The van der Waals surface area contributed by atoms with Crippen LogP contribution in [0.4, 0.5) is 0 Å². The van der Waals surface area contributed by atoms with Gasteiger partial charge in [0.25, 0.3) is 0 Å². The van der Waals surface area contributed by atoms with Crippen LogP contribution in [0.2, 0.25) is 0 Å². The molecule has 102 valence electrons. The highest BCUT2D eigenvalue weighted by atomic mass is 79.9. The molecule has 0 amide bonds. The molecule has 0 aliphatic heterocycles. The van der Waals surface area contributed by atoms with Crippen molar-refractivity contribution >= 4 is 42.6 Å². The van der Waals surface area contributed by atoms with Crippen LogP contribution in [0.25, 0.3) is 10.8 Å². The van der Waals surface area contributed by atoms with Crippen molar-refractivity contribution < 1.29 is 4.74 Å². The van der Waals surface area contributed by atoms with E-state index in [4.69, 9.17) is 10.00 Å². The maximum atomic E-state index is 8.92. The number of nitriles is 1. The van der Waals surface area contributed by atoms with Crippen LogP contribution in [-0.4, -0.2) is 0 Å². The average molecular weight is 403 g/mol. The van der Waals surface area contributed by atoms with Crippen LogP contribution in [0.15, 0.2) is 63.5 Å². The number of nitrogens with zero attached hydrogens (tertiary/aromatic N) is 1. The van der Waals surface area contributed by atoms with Gasteiger partial charge in [0.15, 0.2) is 0 Å². The number of halogens is 2. The Kier molecular flexibility index (Phi) is 3.96. The Labute approximate surface area is 139 Å². The Hall–Kier alpha value is -1.83. The molecule has 0 saturated heterocycles. The van der Waals surface area contributed by atoms with Gasteiger partial charge in [-0.3, -0.25) is 0 Å². The molecule has 0 aromatic heterocycles. The molecule has 0 saturated carbocycles. The summed E-state index contributed by atoms with van der Waals surface area (Å²) in [6.07, 6.45) is 0. The van der Waals surface area contributed by atoms with Gasteiger partial charge in [0.05, 0.1) is 5.56 Å². The quantitative estimate of drug-likeness (QED) is 0.524. The molecule has 3 aromatic rings. The fourth-order valence-corrected chi connectivity index (χ4v) is 2.87. The van der Waals surface area contributed by atoms with Gasteiger partial charge in [0.1, 0.15) is 17.6 Å². The standard InChI is InChI=1S/C17H9Br2NO/c18-14-4-1-12-8-15(5-2-11(12)7-14)21-16-6-3-13(10-20)17(19)9-16/h1-9H. The van der Waals surface area contributed by atoms with E-state index in [9.17, 15) is 0 Å². The van der Waals surface area contributed by atoms with Crippen molar-refractivity contribution in [3.05, 3.63) is 69.1 Å². The van der Waals surface area contributed by atoms with E-state index in [-0.39, 0.29) is 0 Å². The molecule has 2 nitrogen and oxygen atoms in total. The second-order valence-electron chi connectivity index (χ2n) is 4.51. The minimum absolute atomic E-state index is 0.589. The normalized spacial score (nSPS) is 10.3. The zero-order valence-corrected chi connectivity index (χ0v) is 14.0. The molecule has 0 bridgehead atoms. The van der Waals surface area contributed by atoms with Crippen LogP contribution >= 0.6 is 31.9 Å². The summed E-state index contributed by atoms with van der Waals surface area (Å²) >= 11 is 6.82. The molecule has 0 N–H and O–H groups in total. The molecular weight excluding hydrogens is 394 g/mol. The SMILES string of the molecule is N#Cc1ccc(Oc2ccc3cc(Br)ccc3c2)cc1Br. The van der Waals surface area contributed by atoms with Gasteiger partial charge >= 0.3 is 0 Å². The fourth-order valence-electron chi connectivity index (χ4n) is 2.04. The van der Waals surface area contributed by atoms with Gasteiger partial charge < -0.3 is 4.74 Å². The monoisotopic (exact) mass is 401 g/mol. The van der Waals surface area contributed by atoms with Crippen LogP contribution in [0, 0.1) is 11.3 Å². The zero-order chi connectivity index (χ0) is 14.8. The van der Waals surface area contributed by atoms with Gasteiger partial charge in [0.2, 0.25) is 0 Å². The smallest absolute Gasteiger partial charge is 0.128 e. The van der Waals surface area contributed by atoms with E-state index >= 15 is 0 Å². The summed E-state index contributed by atoms with van der Waals surface area (Å²) < 4.78 is 7.63. The number of hydrogen-bond acceptors (Lipinski definition) is 2. The summed E-state index contributed by atoms with van der Waals surface area (Å²) in [5, 5.41) is 11.2. The average Bonchev–Trinajstić information content (AvgIpc) is 2.48. The van der Waals surface area contributed by atoms with Gasteiger partial charge in [0, 0.05) is 8.95 Å². The Balaban J connectivity index is 1.93. The number of hydrogen-bond donors (Lipinski definition) is 0. The summed E-state index contributed by atoms with van der Waals surface area (Å²) in [5.74, 6) is 1.46. The van der Waals surface area contributed by atoms with E-state index < -0.39 is 0 Å². The molecule has 0 radical (unpaired) electrons. The molecule has 0 atom stereocenters. The largest absolute Gasteiger partial charge is 0.457 e. The molecule has 3 rings (SSSR count). The third kappa shape index (κ3) is 3.10. The summed E-state index contributed by atoms with van der Waals surface area (Å²) in [4.78, 5) is 0. The Bertz CT molecular complexity index is 868. The minimum atomic E-state index is 0.589. The van der Waals surface area contributed by atoms with E-state index in [1.807, 2.05) is 30.3 Å². The lowest BCUT2D eigenvalue weighted by Crippen LogP contribution is -1.86. The van der Waals surface area contributed by atoms with Crippen molar-refractivity contribution in [2.75, 3.05) is 0 Å². The summed E-state index contributed by atoms with van der Waals surface area (Å²) in [6.45, 7) is 0. The molecule has 0 fully saturated rings. The van der Waals surface area contributed by atoms with Crippen molar-refractivity contribution in [2.24, 2.45) is 0 Å². The minimum Gasteiger partial charge on any atom is -0.457 e. The van der Waals surface area contributed by atoms with Crippen molar-refractivity contribution in [3.8, 4) is 17.6 Å². The van der Waals surface area contributed by atoms with Crippen LogP contribution in [0.3, 0.4) is 0 Å². The molecule has 21 heavy (non-hydrogen) atoms. The first kappa shape index (κ1) is 14.1. The maximum Gasteiger partial charge on any atom is 0.128 e. The molecule has 3 aromatic carbocycles. The lowest BCUT2D eigenvalue weighted by atomic mass is 10.1. The van der Waals surface area contributed by atoms with E-state index in [1.54, 1.807) is 18.2 Å². The first-order chi connectivity index (χ1) is 10.2. The van der Waals surface area contributed by atoms with Crippen LogP contribution in [-0.2, 0) is 0 Å². The molecule has 0 unspecified atom stereocenters. The molecule has 0 heterocycles. The van der Waals surface area contributed by atoms with Crippen molar-refractivity contribution in [2.45, 2.75) is 0 Å². The second-order valence-corrected chi connectivity index (χ2v) is 6.28. The molecule has 0 aliphatic carbocycles. The Morgan fingerprint density at radius 3 is 2.24 bits per heavy atom. The predicted molar refractivity (Wildman–Crippen MR) is 90.6 cm³/mol. The lowest BCUT2D eigenvalue weighted by molar-refractivity contribution is 0.483. The number of rotatable bonds is 2. The molecule has 0 spiro atoms. The zero-order valence-electron chi connectivity index (χ0n) is 10.8. The van der Waals surface area contributed by atoms with Gasteiger partial charge in [-0.05, 0) is 69.2 Å². The maximum absolute atomic E-state index is 8.92. The summed E-state index contributed by atoms with van der Waals surface area (Å²) in [5.41, 5.74) is 0.589. The fraction of sp³-hybridized carbons (Fsp3) is 0. The predicted octanol–water partition coefficient (Wildman–Crippen LogP) is 6.03. The molecule has 4 heteroatoms. The third-order valence-corrected chi connectivity index (χ3v) is 4.22. The van der Waals surface area contributed by atoms with Gasteiger partial charge in [-0.2, -0.15) is 5.26 Å². The van der Waals surface area contributed by atoms with E-state index in [0.717, 1.165) is 25.5 Å². The van der Waals surface area contributed by atoms with Gasteiger partial charge in [-0.25, -0.2) is 0 Å². The van der Waals surface area contributed by atoms with Crippen LogP contribution < -0.4 is 4.74 Å². The van der Waals surface area contributed by atoms with Crippen molar-refractivity contribution in [1.82, 2.24) is 0 Å². The summed E-state index contributed by atoms with van der Waals surface area (Å²) in [6, 6.07) is 19.5. The van der Waals surface area contributed by atoms with Crippen molar-refractivity contribution in [1.29, 1.82) is 5.26 Å². The van der Waals surface area contributed by atoms with Gasteiger partial charge in [-0.15, -0.1) is 0 Å². The number of benzene rings is 3. The van der Waals surface area contributed by atoms with E-state index in [2.05, 4.69) is 44.0 Å². The van der Waals surface area contributed by atoms with Gasteiger partial charge in [-0.1, -0.05) is 28.1 Å². The van der Waals surface area contributed by atoms with E-state index in [1.165, 1.54) is 0 Å².